The molecule has 0 bridgehead atoms. The van der Waals surface area contributed by atoms with Gasteiger partial charge in [0.15, 0.2) is 5.78 Å². The molecule has 0 spiro atoms. The third-order valence-corrected chi connectivity index (χ3v) is 4.21. The third-order valence-electron chi connectivity index (χ3n) is 4.21. The molecule has 2 heterocycles. The number of likely N-dealkylation sites (tertiary alicyclic amines) is 1. The van der Waals surface area contributed by atoms with Crippen molar-refractivity contribution in [3.8, 4) is 0 Å². The Hall–Kier alpha value is -1.68. The van der Waals surface area contributed by atoms with Gasteiger partial charge in [0.1, 0.15) is 0 Å². The highest BCUT2D eigenvalue weighted by Gasteiger charge is 2.38. The van der Waals surface area contributed by atoms with Crippen LogP contribution >= 0.6 is 0 Å². The minimum atomic E-state index is -0.0509. The highest BCUT2D eigenvalue weighted by molar-refractivity contribution is 6.07. The number of nitrogens with one attached hydrogen (secondary N) is 1. The largest absolute Gasteiger partial charge is 0.338 e. The molecule has 100 valence electrons. The molecule has 0 aliphatic carbocycles. The second kappa shape index (κ2) is 4.78. The van der Waals surface area contributed by atoms with Gasteiger partial charge in [0.2, 0.25) is 0 Å². The van der Waals surface area contributed by atoms with E-state index in [1.54, 1.807) is 18.2 Å². The zero-order valence-electron chi connectivity index (χ0n) is 11.1. The summed E-state index contributed by atoms with van der Waals surface area (Å²) >= 11 is 0. The van der Waals surface area contributed by atoms with Crippen molar-refractivity contribution in [2.24, 2.45) is 11.8 Å². The van der Waals surface area contributed by atoms with Crippen molar-refractivity contribution in [1.82, 2.24) is 10.2 Å². The standard InChI is InChI=1S/C15H18N2O2/c1-10(18)13-4-2-3-5-14(13)15(19)17-8-11-6-16-7-12(11)9-17/h2-5,11-12,16H,6-9H2,1H3/t11-,12+. The van der Waals surface area contributed by atoms with Gasteiger partial charge in [-0.25, -0.2) is 0 Å². The number of ketones is 1. The molecule has 2 fully saturated rings. The maximum Gasteiger partial charge on any atom is 0.254 e. The van der Waals surface area contributed by atoms with Gasteiger partial charge in [0.05, 0.1) is 5.56 Å². The lowest BCUT2D eigenvalue weighted by atomic mass is 10.0. The number of hydrogen-bond donors (Lipinski definition) is 1. The van der Waals surface area contributed by atoms with Gasteiger partial charge < -0.3 is 10.2 Å². The van der Waals surface area contributed by atoms with Gasteiger partial charge in [0.25, 0.3) is 5.91 Å². The molecular weight excluding hydrogens is 240 g/mol. The monoisotopic (exact) mass is 258 g/mol. The summed E-state index contributed by atoms with van der Waals surface area (Å²) in [6.07, 6.45) is 0. The molecule has 2 atom stereocenters. The lowest BCUT2D eigenvalue weighted by Crippen LogP contribution is -2.32. The summed E-state index contributed by atoms with van der Waals surface area (Å²) in [4.78, 5) is 26.1. The van der Waals surface area contributed by atoms with Crippen LogP contribution in [0.5, 0.6) is 0 Å². The van der Waals surface area contributed by atoms with Crippen molar-refractivity contribution in [3.63, 3.8) is 0 Å². The van der Waals surface area contributed by atoms with E-state index in [1.807, 2.05) is 11.0 Å². The van der Waals surface area contributed by atoms with Crippen molar-refractivity contribution in [2.45, 2.75) is 6.92 Å². The number of Topliss-reactive ketones (excluding diaryl/α,β-unsaturated/α-hetero) is 1. The van der Waals surface area contributed by atoms with E-state index >= 15 is 0 Å². The van der Waals surface area contributed by atoms with Crippen molar-refractivity contribution in [3.05, 3.63) is 35.4 Å². The third kappa shape index (κ3) is 2.16. The fraction of sp³-hybridized carbons (Fsp3) is 0.467. The number of rotatable bonds is 2. The van der Waals surface area contributed by atoms with E-state index in [0.717, 1.165) is 26.2 Å². The molecule has 1 aromatic rings. The van der Waals surface area contributed by atoms with Crippen LogP contribution in [0, 0.1) is 11.8 Å². The summed E-state index contributed by atoms with van der Waals surface area (Å²) < 4.78 is 0. The van der Waals surface area contributed by atoms with Gasteiger partial charge in [-0.1, -0.05) is 18.2 Å². The van der Waals surface area contributed by atoms with Gasteiger partial charge in [-0.3, -0.25) is 9.59 Å². The number of carbonyl (C=O) groups is 2. The Balaban J connectivity index is 1.83. The fourth-order valence-electron chi connectivity index (χ4n) is 3.17. The van der Waals surface area contributed by atoms with Gasteiger partial charge in [-0.2, -0.15) is 0 Å². The Morgan fingerprint density at radius 2 is 1.68 bits per heavy atom. The summed E-state index contributed by atoms with van der Waals surface area (Å²) in [6.45, 7) is 5.13. The number of benzene rings is 1. The SMILES string of the molecule is CC(=O)c1ccccc1C(=O)N1C[C@H]2CNC[C@H]2C1. The number of carbonyl (C=O) groups excluding carboxylic acids is 2. The first-order chi connectivity index (χ1) is 9.16. The van der Waals surface area contributed by atoms with Gasteiger partial charge in [-0.05, 0) is 24.8 Å². The molecule has 0 aromatic heterocycles. The molecule has 3 rings (SSSR count). The van der Waals surface area contributed by atoms with E-state index in [9.17, 15) is 9.59 Å². The number of hydrogen-bond acceptors (Lipinski definition) is 3. The molecular formula is C15H18N2O2. The Morgan fingerprint density at radius 1 is 1.11 bits per heavy atom. The molecule has 0 saturated carbocycles. The first-order valence-electron chi connectivity index (χ1n) is 6.77. The Kier molecular flexibility index (Phi) is 3.11. The van der Waals surface area contributed by atoms with Crippen LogP contribution in [-0.4, -0.2) is 42.8 Å². The van der Waals surface area contributed by atoms with Crippen LogP contribution in [0.25, 0.3) is 0 Å². The zero-order valence-corrected chi connectivity index (χ0v) is 11.1. The summed E-state index contributed by atoms with van der Waals surface area (Å²) in [7, 11) is 0. The van der Waals surface area contributed by atoms with Gasteiger partial charge in [-0.15, -0.1) is 0 Å². The summed E-state index contributed by atoms with van der Waals surface area (Å²) in [5, 5.41) is 3.36. The number of nitrogens with zero attached hydrogens (tertiary/aromatic N) is 1. The lowest BCUT2D eigenvalue weighted by Gasteiger charge is -2.18. The fourth-order valence-corrected chi connectivity index (χ4v) is 3.17. The van der Waals surface area contributed by atoms with Crippen LogP contribution in [-0.2, 0) is 0 Å². The van der Waals surface area contributed by atoms with Crippen molar-refractivity contribution in [2.75, 3.05) is 26.2 Å². The maximum absolute atomic E-state index is 12.6. The van der Waals surface area contributed by atoms with E-state index < -0.39 is 0 Å². The molecule has 4 heteroatoms. The Morgan fingerprint density at radius 3 is 2.26 bits per heavy atom. The second-order valence-electron chi connectivity index (χ2n) is 5.49. The zero-order chi connectivity index (χ0) is 13.4. The lowest BCUT2D eigenvalue weighted by molar-refractivity contribution is 0.0776. The molecule has 19 heavy (non-hydrogen) atoms. The molecule has 2 saturated heterocycles. The Bertz CT molecular complexity index is 515. The van der Waals surface area contributed by atoms with Crippen molar-refractivity contribution < 1.29 is 9.59 Å². The normalized spacial score (nSPS) is 25.4. The van der Waals surface area contributed by atoms with E-state index in [-0.39, 0.29) is 11.7 Å². The van der Waals surface area contributed by atoms with Crippen LogP contribution < -0.4 is 5.32 Å². The van der Waals surface area contributed by atoms with Crippen LogP contribution in [0.4, 0.5) is 0 Å². The highest BCUT2D eigenvalue weighted by atomic mass is 16.2. The smallest absolute Gasteiger partial charge is 0.254 e. The molecule has 2 aliphatic rings. The average Bonchev–Trinajstić information content (AvgIpc) is 2.98. The predicted octanol–water partition coefficient (Wildman–Crippen LogP) is 1.18. The average molecular weight is 258 g/mol. The summed E-state index contributed by atoms with van der Waals surface area (Å²) in [5.41, 5.74) is 1.07. The molecule has 4 nitrogen and oxygen atoms in total. The molecule has 1 N–H and O–H groups in total. The quantitative estimate of drug-likeness (QED) is 0.810. The van der Waals surface area contributed by atoms with Gasteiger partial charge >= 0.3 is 0 Å². The van der Waals surface area contributed by atoms with Crippen LogP contribution in [0.3, 0.4) is 0 Å². The summed E-state index contributed by atoms with van der Waals surface area (Å²) in [5.74, 6) is 1.10. The van der Waals surface area contributed by atoms with Crippen molar-refractivity contribution >= 4 is 11.7 Å². The van der Waals surface area contributed by atoms with E-state index in [2.05, 4.69) is 5.32 Å². The molecule has 0 radical (unpaired) electrons. The minimum absolute atomic E-state index is 0.000185. The molecule has 2 aliphatic heterocycles. The summed E-state index contributed by atoms with van der Waals surface area (Å²) in [6, 6.07) is 7.10. The Labute approximate surface area is 112 Å². The van der Waals surface area contributed by atoms with Crippen molar-refractivity contribution in [1.29, 1.82) is 0 Å². The number of amides is 1. The van der Waals surface area contributed by atoms with E-state index in [1.165, 1.54) is 6.92 Å². The maximum atomic E-state index is 12.6. The minimum Gasteiger partial charge on any atom is -0.338 e. The first kappa shape index (κ1) is 12.4. The highest BCUT2D eigenvalue weighted by Crippen LogP contribution is 2.28. The van der Waals surface area contributed by atoms with Crippen LogP contribution in [0.1, 0.15) is 27.6 Å². The topological polar surface area (TPSA) is 49.4 Å². The van der Waals surface area contributed by atoms with Gasteiger partial charge in [0, 0.05) is 31.7 Å². The van der Waals surface area contributed by atoms with Crippen LogP contribution in [0.15, 0.2) is 24.3 Å². The molecule has 1 amide bonds. The van der Waals surface area contributed by atoms with E-state index in [4.69, 9.17) is 0 Å². The first-order valence-corrected chi connectivity index (χ1v) is 6.77. The number of fused-ring (bicyclic) bond motifs is 1. The van der Waals surface area contributed by atoms with Crippen LogP contribution in [0.2, 0.25) is 0 Å². The molecule has 1 aromatic carbocycles. The second-order valence-corrected chi connectivity index (χ2v) is 5.49. The predicted molar refractivity (Wildman–Crippen MR) is 72.2 cm³/mol. The van der Waals surface area contributed by atoms with E-state index in [0.29, 0.717) is 23.0 Å². The molecule has 0 unspecified atom stereocenters.